The molecule has 0 atom stereocenters. The number of fused-ring (bicyclic) bond motifs is 2. The van der Waals surface area contributed by atoms with Gasteiger partial charge in [0.25, 0.3) is 0 Å². The number of ketones is 2. The maximum absolute atomic E-state index is 12.8. The highest BCUT2D eigenvalue weighted by Gasteiger charge is 2.34. The standard InChI is InChI=1S/C18H17NO5S/c1-2-24-11-10-19-25(22,23)15-9-5-8-14-16(15)18(21)13-7-4-3-6-12(13)17(14)20/h3-9,19H,2,10-11H2,1H3. The Balaban J connectivity index is 2.05. The molecular formula is C18H17NO5S. The average molecular weight is 359 g/mol. The fourth-order valence-corrected chi connectivity index (χ4v) is 4.04. The van der Waals surface area contributed by atoms with Crippen LogP contribution in [0.1, 0.15) is 38.8 Å². The summed E-state index contributed by atoms with van der Waals surface area (Å²) in [5, 5.41) is 0. The van der Waals surface area contributed by atoms with Gasteiger partial charge in [-0.2, -0.15) is 0 Å². The molecule has 2 aromatic carbocycles. The molecule has 7 heteroatoms. The van der Waals surface area contributed by atoms with Crippen LogP contribution in [-0.2, 0) is 14.8 Å². The minimum atomic E-state index is -3.94. The Morgan fingerprint density at radius 3 is 2.24 bits per heavy atom. The highest BCUT2D eigenvalue weighted by atomic mass is 32.2. The highest BCUT2D eigenvalue weighted by Crippen LogP contribution is 2.31. The zero-order chi connectivity index (χ0) is 18.0. The van der Waals surface area contributed by atoms with Crippen LogP contribution < -0.4 is 4.72 Å². The molecule has 2 aromatic rings. The van der Waals surface area contributed by atoms with Gasteiger partial charge in [0, 0.05) is 29.8 Å². The first-order chi connectivity index (χ1) is 12.0. The Kier molecular flexibility index (Phi) is 4.80. The Hall–Kier alpha value is -2.35. The fourth-order valence-electron chi connectivity index (χ4n) is 2.81. The van der Waals surface area contributed by atoms with Gasteiger partial charge in [-0.15, -0.1) is 0 Å². The molecule has 25 heavy (non-hydrogen) atoms. The van der Waals surface area contributed by atoms with Crippen molar-refractivity contribution in [2.45, 2.75) is 11.8 Å². The lowest BCUT2D eigenvalue weighted by molar-refractivity contribution is 0.0976. The summed E-state index contributed by atoms with van der Waals surface area (Å²) in [7, 11) is -3.94. The van der Waals surface area contributed by atoms with Crippen LogP contribution in [0.2, 0.25) is 0 Å². The van der Waals surface area contributed by atoms with Crippen LogP contribution in [0.4, 0.5) is 0 Å². The van der Waals surface area contributed by atoms with Crippen molar-refractivity contribution in [3.8, 4) is 0 Å². The van der Waals surface area contributed by atoms with Crippen LogP contribution in [0.15, 0.2) is 47.4 Å². The molecule has 0 aliphatic heterocycles. The van der Waals surface area contributed by atoms with E-state index in [1.54, 1.807) is 18.2 Å². The number of nitrogens with one attached hydrogen (secondary N) is 1. The van der Waals surface area contributed by atoms with Crippen LogP contribution in [0, 0.1) is 0 Å². The zero-order valence-electron chi connectivity index (χ0n) is 13.6. The van der Waals surface area contributed by atoms with Crippen molar-refractivity contribution < 1.29 is 22.7 Å². The molecular weight excluding hydrogens is 342 g/mol. The summed E-state index contributed by atoms with van der Waals surface area (Å²) in [5.74, 6) is -0.812. The third kappa shape index (κ3) is 3.13. The predicted molar refractivity (Wildman–Crippen MR) is 91.4 cm³/mol. The number of carbonyl (C=O) groups excluding carboxylic acids is 2. The zero-order valence-corrected chi connectivity index (χ0v) is 14.4. The van der Waals surface area contributed by atoms with Crippen LogP contribution in [0.25, 0.3) is 0 Å². The van der Waals surface area contributed by atoms with Crippen molar-refractivity contribution in [2.24, 2.45) is 0 Å². The maximum Gasteiger partial charge on any atom is 0.241 e. The van der Waals surface area contributed by atoms with E-state index in [9.17, 15) is 18.0 Å². The molecule has 1 aliphatic rings. The third-order valence-electron chi connectivity index (χ3n) is 3.95. The molecule has 130 valence electrons. The first-order valence-corrected chi connectivity index (χ1v) is 9.34. The third-order valence-corrected chi connectivity index (χ3v) is 5.45. The maximum atomic E-state index is 12.8. The van der Waals surface area contributed by atoms with Crippen LogP contribution in [0.3, 0.4) is 0 Å². The van der Waals surface area contributed by atoms with E-state index >= 15 is 0 Å². The SMILES string of the molecule is CCOCCNS(=O)(=O)c1cccc2c1C(=O)c1ccccc1C2=O. The van der Waals surface area contributed by atoms with E-state index in [-0.39, 0.29) is 40.5 Å². The van der Waals surface area contributed by atoms with E-state index in [0.29, 0.717) is 12.2 Å². The second kappa shape index (κ2) is 6.87. The van der Waals surface area contributed by atoms with Crippen LogP contribution in [0.5, 0.6) is 0 Å². The normalized spacial score (nSPS) is 13.5. The number of carbonyl (C=O) groups is 2. The van der Waals surface area contributed by atoms with Gasteiger partial charge < -0.3 is 4.74 Å². The largest absolute Gasteiger partial charge is 0.380 e. The van der Waals surface area contributed by atoms with Crippen molar-refractivity contribution in [3.05, 3.63) is 64.7 Å². The molecule has 0 heterocycles. The van der Waals surface area contributed by atoms with Gasteiger partial charge in [-0.25, -0.2) is 13.1 Å². The molecule has 3 rings (SSSR count). The molecule has 0 saturated heterocycles. The van der Waals surface area contributed by atoms with E-state index in [1.807, 2.05) is 6.92 Å². The van der Waals surface area contributed by atoms with E-state index in [1.165, 1.54) is 24.3 Å². The average Bonchev–Trinajstić information content (AvgIpc) is 2.63. The Bertz CT molecular complexity index is 950. The molecule has 0 aromatic heterocycles. The summed E-state index contributed by atoms with van der Waals surface area (Å²) in [6.07, 6.45) is 0. The van der Waals surface area contributed by atoms with Gasteiger partial charge in [-0.1, -0.05) is 36.4 Å². The summed E-state index contributed by atoms with van der Waals surface area (Å²) in [4.78, 5) is 25.3. The number of sulfonamides is 1. The van der Waals surface area contributed by atoms with Crippen molar-refractivity contribution in [2.75, 3.05) is 19.8 Å². The van der Waals surface area contributed by atoms with Gasteiger partial charge in [0.05, 0.1) is 17.1 Å². The number of ether oxygens (including phenoxy) is 1. The first kappa shape index (κ1) is 17.5. The summed E-state index contributed by atoms with van der Waals surface area (Å²) >= 11 is 0. The van der Waals surface area contributed by atoms with Crippen LogP contribution in [-0.4, -0.2) is 39.7 Å². The number of hydrogen-bond acceptors (Lipinski definition) is 5. The van der Waals surface area contributed by atoms with Crippen molar-refractivity contribution in [3.63, 3.8) is 0 Å². The molecule has 0 unspecified atom stereocenters. The van der Waals surface area contributed by atoms with Crippen molar-refractivity contribution in [1.29, 1.82) is 0 Å². The van der Waals surface area contributed by atoms with Gasteiger partial charge in [0.2, 0.25) is 10.0 Å². The predicted octanol–water partition coefficient (Wildman–Crippen LogP) is 1.78. The molecule has 1 N–H and O–H groups in total. The lowest BCUT2D eigenvalue weighted by atomic mass is 9.84. The van der Waals surface area contributed by atoms with Gasteiger partial charge in [0.15, 0.2) is 11.6 Å². The highest BCUT2D eigenvalue weighted by molar-refractivity contribution is 7.89. The summed E-state index contributed by atoms with van der Waals surface area (Å²) < 4.78 is 32.7. The van der Waals surface area contributed by atoms with Gasteiger partial charge in [-0.3, -0.25) is 9.59 Å². The van der Waals surface area contributed by atoms with E-state index in [2.05, 4.69) is 4.72 Å². The molecule has 1 aliphatic carbocycles. The lowest BCUT2D eigenvalue weighted by Crippen LogP contribution is -2.31. The summed E-state index contributed by atoms with van der Waals surface area (Å²) in [5.41, 5.74) is 0.544. The van der Waals surface area contributed by atoms with Crippen molar-refractivity contribution >= 4 is 21.6 Å². The Morgan fingerprint density at radius 1 is 0.920 bits per heavy atom. The van der Waals surface area contributed by atoms with Crippen LogP contribution >= 0.6 is 0 Å². The second-order valence-electron chi connectivity index (χ2n) is 5.48. The number of rotatable bonds is 6. The van der Waals surface area contributed by atoms with E-state index < -0.39 is 15.8 Å². The molecule has 0 radical (unpaired) electrons. The van der Waals surface area contributed by atoms with E-state index in [4.69, 9.17) is 4.74 Å². The molecule has 0 amide bonds. The van der Waals surface area contributed by atoms with Gasteiger partial charge in [0.1, 0.15) is 0 Å². The quantitative estimate of drug-likeness (QED) is 0.678. The number of benzene rings is 2. The first-order valence-electron chi connectivity index (χ1n) is 7.86. The Labute approximate surface area is 145 Å². The van der Waals surface area contributed by atoms with Crippen molar-refractivity contribution in [1.82, 2.24) is 4.72 Å². The molecule has 6 nitrogen and oxygen atoms in total. The smallest absolute Gasteiger partial charge is 0.241 e. The monoisotopic (exact) mass is 359 g/mol. The molecule has 0 saturated carbocycles. The molecule has 0 fully saturated rings. The van der Waals surface area contributed by atoms with Gasteiger partial charge in [-0.05, 0) is 13.0 Å². The fraction of sp³-hybridized carbons (Fsp3) is 0.222. The summed E-state index contributed by atoms with van der Waals surface area (Å²) in [6, 6.07) is 10.7. The topological polar surface area (TPSA) is 89.5 Å². The minimum Gasteiger partial charge on any atom is -0.380 e. The van der Waals surface area contributed by atoms with Gasteiger partial charge >= 0.3 is 0 Å². The molecule has 0 spiro atoms. The Morgan fingerprint density at radius 2 is 1.56 bits per heavy atom. The minimum absolute atomic E-state index is 0.0740. The lowest BCUT2D eigenvalue weighted by Gasteiger charge is -2.20. The molecule has 0 bridgehead atoms. The summed E-state index contributed by atoms with van der Waals surface area (Å²) in [6.45, 7) is 2.59. The number of hydrogen-bond donors (Lipinski definition) is 1. The van der Waals surface area contributed by atoms with E-state index in [0.717, 1.165) is 0 Å². The second-order valence-corrected chi connectivity index (χ2v) is 7.21.